The smallest absolute Gasteiger partial charge is 0.220 e. The second-order valence-corrected chi connectivity index (χ2v) is 7.89. The van der Waals surface area contributed by atoms with Gasteiger partial charge >= 0.3 is 0 Å². The molecule has 7 nitrogen and oxygen atoms in total. The highest BCUT2D eigenvalue weighted by molar-refractivity contribution is 14.0. The van der Waals surface area contributed by atoms with Crippen molar-refractivity contribution in [2.45, 2.75) is 45.6 Å². The minimum Gasteiger partial charge on any atom is -0.379 e. The number of nitrogens with one attached hydrogen (secondary N) is 2. The monoisotopic (exact) mass is 495 g/mol. The lowest BCUT2D eigenvalue weighted by Gasteiger charge is -2.40. The number of halogens is 1. The third-order valence-corrected chi connectivity index (χ3v) is 5.48. The number of amides is 1. The molecule has 27 heavy (non-hydrogen) atoms. The maximum atomic E-state index is 11.6. The van der Waals surface area contributed by atoms with Gasteiger partial charge in [-0.1, -0.05) is 0 Å². The van der Waals surface area contributed by atoms with Crippen LogP contribution < -0.4 is 10.6 Å². The number of ether oxygens (including phenoxy) is 1. The van der Waals surface area contributed by atoms with Gasteiger partial charge in [-0.2, -0.15) is 0 Å². The molecular weight excluding hydrogens is 457 g/mol. The van der Waals surface area contributed by atoms with Crippen LogP contribution in [0.1, 0.15) is 40.0 Å². The molecule has 0 aromatic rings. The van der Waals surface area contributed by atoms with Gasteiger partial charge in [-0.15, -0.1) is 24.0 Å². The first-order valence-corrected chi connectivity index (χ1v) is 10.0. The molecule has 0 bridgehead atoms. The van der Waals surface area contributed by atoms with Crippen molar-refractivity contribution in [2.24, 2.45) is 10.9 Å². The van der Waals surface area contributed by atoms with E-state index in [4.69, 9.17) is 9.73 Å². The van der Waals surface area contributed by atoms with Gasteiger partial charge in [0.25, 0.3) is 0 Å². The molecule has 2 aliphatic rings. The number of likely N-dealkylation sites (tertiary alicyclic amines) is 1. The molecule has 2 N–H and O–H groups in total. The van der Waals surface area contributed by atoms with E-state index in [9.17, 15) is 4.79 Å². The molecule has 0 aliphatic carbocycles. The molecular formula is C19H38IN5O2. The van der Waals surface area contributed by atoms with Crippen molar-refractivity contribution < 1.29 is 9.53 Å². The van der Waals surface area contributed by atoms with Gasteiger partial charge in [0.05, 0.1) is 19.8 Å². The maximum Gasteiger partial charge on any atom is 0.220 e. The van der Waals surface area contributed by atoms with E-state index >= 15 is 0 Å². The largest absolute Gasteiger partial charge is 0.379 e. The number of morpholine rings is 1. The second kappa shape index (κ2) is 12.1. The molecule has 8 heteroatoms. The summed E-state index contributed by atoms with van der Waals surface area (Å²) in [6, 6.07) is 0. The third-order valence-electron chi connectivity index (χ3n) is 5.48. The van der Waals surface area contributed by atoms with Crippen LogP contribution in [0.25, 0.3) is 0 Å². The molecule has 2 aliphatic heterocycles. The molecule has 1 amide bonds. The Bertz CT molecular complexity index is 473. The van der Waals surface area contributed by atoms with E-state index in [1.807, 2.05) is 0 Å². The Morgan fingerprint density at radius 1 is 1.19 bits per heavy atom. The van der Waals surface area contributed by atoms with E-state index in [1.54, 1.807) is 7.05 Å². The van der Waals surface area contributed by atoms with E-state index < -0.39 is 0 Å². The van der Waals surface area contributed by atoms with Gasteiger partial charge in [-0.25, -0.2) is 0 Å². The van der Waals surface area contributed by atoms with E-state index in [1.165, 1.54) is 0 Å². The van der Waals surface area contributed by atoms with Gasteiger partial charge in [0.2, 0.25) is 5.91 Å². The van der Waals surface area contributed by atoms with Crippen molar-refractivity contribution >= 4 is 35.8 Å². The van der Waals surface area contributed by atoms with Crippen molar-refractivity contribution in [1.29, 1.82) is 0 Å². The minimum atomic E-state index is 0. The standard InChI is InChI=1S/C19H37N5O2.HI/c1-5-21-18(22-15-19(2,3)24-10-12-26-13-11-24)23-8-6-16(7-9-23)14-17(25)20-4;/h16H,5-15H2,1-4H3,(H,20,25)(H,21,22);1H. The minimum absolute atomic E-state index is 0. The fraction of sp³-hybridized carbons (Fsp3) is 0.895. The molecule has 0 aromatic carbocycles. The van der Waals surface area contributed by atoms with Crippen LogP contribution >= 0.6 is 24.0 Å². The molecule has 0 spiro atoms. The van der Waals surface area contributed by atoms with Crippen LogP contribution in [0, 0.1) is 5.92 Å². The Balaban J connectivity index is 0.00000364. The van der Waals surface area contributed by atoms with Gasteiger partial charge in [0.1, 0.15) is 0 Å². The van der Waals surface area contributed by atoms with Crippen LogP contribution in [0.3, 0.4) is 0 Å². The predicted octanol–water partition coefficient (Wildman–Crippen LogP) is 1.53. The summed E-state index contributed by atoms with van der Waals surface area (Å²) in [7, 11) is 1.71. The summed E-state index contributed by atoms with van der Waals surface area (Å²) < 4.78 is 5.47. The van der Waals surface area contributed by atoms with Crippen molar-refractivity contribution in [1.82, 2.24) is 20.4 Å². The maximum absolute atomic E-state index is 11.6. The highest BCUT2D eigenvalue weighted by Gasteiger charge is 2.29. The van der Waals surface area contributed by atoms with Crippen LogP contribution in [0.2, 0.25) is 0 Å². The number of guanidine groups is 1. The zero-order chi connectivity index (χ0) is 19.0. The summed E-state index contributed by atoms with van der Waals surface area (Å²) in [5.41, 5.74) is 0.0298. The van der Waals surface area contributed by atoms with Gasteiger partial charge in [0, 0.05) is 51.7 Å². The van der Waals surface area contributed by atoms with E-state index in [0.29, 0.717) is 12.3 Å². The van der Waals surface area contributed by atoms with Crippen LogP contribution in [0.5, 0.6) is 0 Å². The number of piperidine rings is 1. The van der Waals surface area contributed by atoms with Crippen molar-refractivity contribution in [2.75, 3.05) is 59.5 Å². The van der Waals surface area contributed by atoms with Gasteiger partial charge in [-0.05, 0) is 39.5 Å². The molecule has 0 unspecified atom stereocenters. The number of carbonyl (C=O) groups excluding carboxylic acids is 1. The number of hydrogen-bond donors (Lipinski definition) is 2. The number of carbonyl (C=O) groups is 1. The number of nitrogens with zero attached hydrogens (tertiary/aromatic N) is 3. The third kappa shape index (κ3) is 7.73. The highest BCUT2D eigenvalue weighted by Crippen LogP contribution is 2.21. The summed E-state index contributed by atoms with van der Waals surface area (Å²) in [5, 5.41) is 6.18. The topological polar surface area (TPSA) is 69.2 Å². The fourth-order valence-electron chi connectivity index (χ4n) is 3.68. The number of aliphatic imine (C=N–C) groups is 1. The predicted molar refractivity (Wildman–Crippen MR) is 121 cm³/mol. The SMILES string of the molecule is CCNC(=NCC(C)(C)N1CCOCC1)N1CCC(CC(=O)NC)CC1.I. The average molecular weight is 495 g/mol. The zero-order valence-electron chi connectivity index (χ0n) is 17.4. The zero-order valence-corrected chi connectivity index (χ0v) is 19.8. The average Bonchev–Trinajstić information content (AvgIpc) is 2.66. The van der Waals surface area contributed by atoms with E-state index in [2.05, 4.69) is 41.2 Å². The van der Waals surface area contributed by atoms with Gasteiger partial charge in [0.15, 0.2) is 5.96 Å². The Hall–Kier alpha value is -0.610. The molecule has 2 heterocycles. The normalized spacial score (nSPS) is 20.1. The lowest BCUT2D eigenvalue weighted by molar-refractivity contribution is -0.121. The first kappa shape index (κ1) is 24.4. The van der Waals surface area contributed by atoms with Gasteiger partial charge in [-0.3, -0.25) is 14.7 Å². The van der Waals surface area contributed by atoms with Crippen molar-refractivity contribution in [3.8, 4) is 0 Å². The summed E-state index contributed by atoms with van der Waals surface area (Å²) >= 11 is 0. The highest BCUT2D eigenvalue weighted by atomic mass is 127. The lowest BCUT2D eigenvalue weighted by atomic mass is 9.93. The van der Waals surface area contributed by atoms with Crippen LogP contribution in [-0.2, 0) is 9.53 Å². The summed E-state index contributed by atoms with van der Waals surface area (Å²) in [6.45, 7) is 13.8. The lowest BCUT2D eigenvalue weighted by Crippen LogP contribution is -2.52. The van der Waals surface area contributed by atoms with E-state index in [0.717, 1.165) is 71.3 Å². The fourth-order valence-corrected chi connectivity index (χ4v) is 3.68. The summed E-state index contributed by atoms with van der Waals surface area (Å²) in [6.07, 6.45) is 2.73. The first-order chi connectivity index (χ1) is 12.5. The Kier molecular flexibility index (Phi) is 10.9. The second-order valence-electron chi connectivity index (χ2n) is 7.89. The number of rotatable bonds is 6. The van der Waals surface area contributed by atoms with Crippen LogP contribution in [-0.4, -0.2) is 86.7 Å². The molecule has 158 valence electrons. The van der Waals surface area contributed by atoms with Crippen molar-refractivity contribution in [3.63, 3.8) is 0 Å². The Morgan fingerprint density at radius 3 is 2.37 bits per heavy atom. The molecule has 2 saturated heterocycles. The molecule has 0 saturated carbocycles. The summed E-state index contributed by atoms with van der Waals surface area (Å²) in [5.74, 6) is 1.64. The molecule has 2 fully saturated rings. The molecule has 0 atom stereocenters. The Morgan fingerprint density at radius 2 is 1.81 bits per heavy atom. The molecule has 0 aromatic heterocycles. The van der Waals surface area contributed by atoms with Crippen molar-refractivity contribution in [3.05, 3.63) is 0 Å². The van der Waals surface area contributed by atoms with Gasteiger partial charge < -0.3 is 20.3 Å². The summed E-state index contributed by atoms with van der Waals surface area (Å²) in [4.78, 5) is 21.4. The first-order valence-electron chi connectivity index (χ1n) is 10.0. The quantitative estimate of drug-likeness (QED) is 0.333. The Labute approximate surface area is 181 Å². The molecule has 2 rings (SSSR count). The van der Waals surface area contributed by atoms with E-state index in [-0.39, 0.29) is 35.4 Å². The van der Waals surface area contributed by atoms with Crippen LogP contribution in [0.4, 0.5) is 0 Å². The molecule has 0 radical (unpaired) electrons. The van der Waals surface area contributed by atoms with Crippen LogP contribution in [0.15, 0.2) is 4.99 Å². The number of hydrogen-bond acceptors (Lipinski definition) is 4.